The van der Waals surface area contributed by atoms with Crippen LogP contribution in [0.1, 0.15) is 29.8 Å². The number of carboxylic acids is 1. The molecule has 4 nitrogen and oxygen atoms in total. The summed E-state index contributed by atoms with van der Waals surface area (Å²) in [6.07, 6.45) is 2.07. The monoisotopic (exact) mass is 209 g/mol. The zero-order valence-corrected chi connectivity index (χ0v) is 9.15. The van der Waals surface area contributed by atoms with Gasteiger partial charge in [-0.1, -0.05) is 13.8 Å². The molecular weight excluding hydrogens is 194 g/mol. The summed E-state index contributed by atoms with van der Waals surface area (Å²) < 4.78 is 5.08. The van der Waals surface area contributed by atoms with E-state index in [0.29, 0.717) is 11.8 Å². The van der Waals surface area contributed by atoms with Gasteiger partial charge in [0.2, 0.25) is 5.88 Å². The molecule has 0 saturated heterocycles. The highest BCUT2D eigenvalue weighted by molar-refractivity contribution is 5.87. The van der Waals surface area contributed by atoms with Crippen LogP contribution in [0.4, 0.5) is 0 Å². The fourth-order valence-corrected chi connectivity index (χ4v) is 1.38. The number of ether oxygens (including phenoxy) is 1. The molecule has 15 heavy (non-hydrogen) atoms. The minimum Gasteiger partial charge on any atom is -0.481 e. The van der Waals surface area contributed by atoms with Crippen molar-refractivity contribution in [1.29, 1.82) is 0 Å². The lowest BCUT2D eigenvalue weighted by atomic mass is 10.0. The molecule has 0 radical (unpaired) electrons. The Morgan fingerprint density at radius 3 is 2.73 bits per heavy atom. The fraction of sp³-hybridized carbons (Fsp3) is 0.455. The molecule has 0 atom stereocenters. The molecule has 4 heteroatoms. The van der Waals surface area contributed by atoms with Crippen LogP contribution >= 0.6 is 0 Å². The Morgan fingerprint density at radius 1 is 1.60 bits per heavy atom. The molecule has 1 N–H and O–H groups in total. The first-order valence-electron chi connectivity index (χ1n) is 4.80. The number of hydrogen-bond donors (Lipinski definition) is 1. The Morgan fingerprint density at radius 2 is 2.27 bits per heavy atom. The van der Waals surface area contributed by atoms with Gasteiger partial charge in [0, 0.05) is 11.8 Å². The van der Waals surface area contributed by atoms with Gasteiger partial charge in [-0.2, -0.15) is 0 Å². The highest BCUT2D eigenvalue weighted by Crippen LogP contribution is 2.19. The fourth-order valence-electron chi connectivity index (χ4n) is 1.38. The van der Waals surface area contributed by atoms with Gasteiger partial charge in [0.1, 0.15) is 0 Å². The molecule has 0 fully saturated rings. The average molecular weight is 209 g/mol. The van der Waals surface area contributed by atoms with Crippen LogP contribution in [0, 0.1) is 5.92 Å². The van der Waals surface area contributed by atoms with E-state index in [0.717, 1.165) is 12.0 Å². The lowest BCUT2D eigenvalue weighted by Crippen LogP contribution is -2.04. The van der Waals surface area contributed by atoms with Crippen molar-refractivity contribution in [2.24, 2.45) is 5.92 Å². The van der Waals surface area contributed by atoms with Crippen molar-refractivity contribution in [1.82, 2.24) is 4.98 Å². The van der Waals surface area contributed by atoms with Crippen LogP contribution in [0.25, 0.3) is 0 Å². The van der Waals surface area contributed by atoms with E-state index in [2.05, 4.69) is 18.8 Å². The molecule has 1 aromatic heterocycles. The number of aromatic carboxylic acids is 1. The first kappa shape index (κ1) is 11.5. The van der Waals surface area contributed by atoms with Crippen LogP contribution in [0.15, 0.2) is 12.3 Å². The van der Waals surface area contributed by atoms with E-state index in [1.807, 2.05) is 0 Å². The highest BCUT2D eigenvalue weighted by Gasteiger charge is 2.11. The number of rotatable bonds is 4. The zero-order chi connectivity index (χ0) is 11.4. The SMILES string of the molecule is COc1ncc(C(=O)O)cc1CC(C)C. The number of aromatic nitrogens is 1. The molecule has 1 rings (SSSR count). The van der Waals surface area contributed by atoms with Gasteiger partial charge in [0.15, 0.2) is 0 Å². The maximum absolute atomic E-state index is 10.8. The van der Waals surface area contributed by atoms with E-state index in [1.165, 1.54) is 13.3 Å². The minimum absolute atomic E-state index is 0.200. The molecule has 0 aromatic carbocycles. The van der Waals surface area contributed by atoms with Gasteiger partial charge in [-0.15, -0.1) is 0 Å². The summed E-state index contributed by atoms with van der Waals surface area (Å²) in [6, 6.07) is 1.62. The van der Waals surface area contributed by atoms with Gasteiger partial charge in [-0.3, -0.25) is 0 Å². The van der Waals surface area contributed by atoms with Crippen LogP contribution < -0.4 is 4.74 Å². The number of carboxylic acid groups (broad SMARTS) is 1. The quantitative estimate of drug-likeness (QED) is 0.823. The lowest BCUT2D eigenvalue weighted by molar-refractivity contribution is 0.0696. The van der Waals surface area contributed by atoms with E-state index >= 15 is 0 Å². The number of pyridine rings is 1. The van der Waals surface area contributed by atoms with Gasteiger partial charge in [0.25, 0.3) is 0 Å². The maximum atomic E-state index is 10.8. The summed E-state index contributed by atoms with van der Waals surface area (Å²) in [5, 5.41) is 8.83. The number of nitrogens with zero attached hydrogens (tertiary/aromatic N) is 1. The molecule has 0 aliphatic rings. The molecule has 0 unspecified atom stereocenters. The van der Waals surface area contributed by atoms with Crippen LogP contribution in [0.2, 0.25) is 0 Å². The van der Waals surface area contributed by atoms with Crippen LogP contribution in [-0.2, 0) is 6.42 Å². The summed E-state index contributed by atoms with van der Waals surface area (Å²) in [6.45, 7) is 4.12. The van der Waals surface area contributed by atoms with Crippen LogP contribution in [0.5, 0.6) is 5.88 Å². The van der Waals surface area contributed by atoms with Gasteiger partial charge in [-0.05, 0) is 18.4 Å². The topological polar surface area (TPSA) is 59.4 Å². The van der Waals surface area contributed by atoms with Crippen molar-refractivity contribution in [3.63, 3.8) is 0 Å². The van der Waals surface area contributed by atoms with Crippen molar-refractivity contribution in [2.75, 3.05) is 7.11 Å². The van der Waals surface area contributed by atoms with Crippen molar-refractivity contribution in [3.05, 3.63) is 23.4 Å². The summed E-state index contributed by atoms with van der Waals surface area (Å²) in [5.41, 5.74) is 1.04. The molecular formula is C11H15NO3. The van der Waals surface area contributed by atoms with E-state index in [4.69, 9.17) is 9.84 Å². The molecule has 0 bridgehead atoms. The average Bonchev–Trinajstić information content (AvgIpc) is 2.16. The third-order valence-electron chi connectivity index (χ3n) is 1.99. The predicted molar refractivity (Wildman–Crippen MR) is 56.3 cm³/mol. The first-order valence-corrected chi connectivity index (χ1v) is 4.80. The van der Waals surface area contributed by atoms with Gasteiger partial charge < -0.3 is 9.84 Å². The molecule has 0 aliphatic carbocycles. The van der Waals surface area contributed by atoms with Crippen molar-refractivity contribution < 1.29 is 14.6 Å². The molecule has 0 amide bonds. The standard InChI is InChI=1S/C11H15NO3/c1-7(2)4-8-5-9(11(13)14)6-12-10(8)15-3/h5-7H,4H2,1-3H3,(H,13,14). The van der Waals surface area contributed by atoms with E-state index < -0.39 is 5.97 Å². The Kier molecular flexibility index (Phi) is 3.66. The number of carbonyl (C=O) groups is 1. The van der Waals surface area contributed by atoms with Crippen LogP contribution in [0.3, 0.4) is 0 Å². The van der Waals surface area contributed by atoms with Crippen molar-refractivity contribution >= 4 is 5.97 Å². The number of methoxy groups -OCH3 is 1. The highest BCUT2D eigenvalue weighted by atomic mass is 16.5. The van der Waals surface area contributed by atoms with Crippen LogP contribution in [-0.4, -0.2) is 23.2 Å². The Hall–Kier alpha value is -1.58. The van der Waals surface area contributed by atoms with E-state index in [1.54, 1.807) is 6.07 Å². The van der Waals surface area contributed by atoms with Crippen molar-refractivity contribution in [2.45, 2.75) is 20.3 Å². The minimum atomic E-state index is -0.963. The van der Waals surface area contributed by atoms with Gasteiger partial charge in [-0.25, -0.2) is 9.78 Å². The zero-order valence-electron chi connectivity index (χ0n) is 9.15. The predicted octanol–water partition coefficient (Wildman–Crippen LogP) is 1.99. The third kappa shape index (κ3) is 2.94. The summed E-state index contributed by atoms with van der Waals surface area (Å²) in [4.78, 5) is 14.7. The maximum Gasteiger partial charge on any atom is 0.337 e. The van der Waals surface area contributed by atoms with Gasteiger partial charge >= 0.3 is 5.97 Å². The van der Waals surface area contributed by atoms with Crippen molar-refractivity contribution in [3.8, 4) is 5.88 Å². The molecule has 82 valence electrons. The smallest absolute Gasteiger partial charge is 0.337 e. The number of hydrogen-bond acceptors (Lipinski definition) is 3. The third-order valence-corrected chi connectivity index (χ3v) is 1.99. The summed E-state index contributed by atoms with van der Waals surface area (Å²) in [7, 11) is 1.53. The first-order chi connectivity index (χ1) is 7.04. The Bertz CT molecular complexity index is 361. The Balaban J connectivity index is 3.07. The van der Waals surface area contributed by atoms with E-state index in [9.17, 15) is 4.79 Å². The molecule has 1 aromatic rings. The normalized spacial score (nSPS) is 10.4. The second-order valence-corrected chi connectivity index (χ2v) is 3.80. The molecule has 0 spiro atoms. The lowest BCUT2D eigenvalue weighted by Gasteiger charge is -2.09. The van der Waals surface area contributed by atoms with Gasteiger partial charge in [0.05, 0.1) is 12.7 Å². The second kappa shape index (κ2) is 4.77. The summed E-state index contributed by atoms with van der Waals surface area (Å²) in [5.74, 6) is -0.0198. The summed E-state index contributed by atoms with van der Waals surface area (Å²) >= 11 is 0. The Labute approximate surface area is 88.9 Å². The van der Waals surface area contributed by atoms with E-state index in [-0.39, 0.29) is 5.56 Å². The largest absolute Gasteiger partial charge is 0.481 e. The molecule has 0 aliphatic heterocycles. The molecule has 1 heterocycles. The molecule has 0 saturated carbocycles. The second-order valence-electron chi connectivity index (χ2n) is 3.80.